The Hall–Kier alpha value is -1.02. The third-order valence-electron chi connectivity index (χ3n) is 2.74. The Balaban J connectivity index is 0.000000771. The molecule has 0 saturated carbocycles. The van der Waals surface area contributed by atoms with Crippen LogP contribution in [0.15, 0.2) is 48.5 Å². The molecule has 18 heavy (non-hydrogen) atoms. The summed E-state index contributed by atoms with van der Waals surface area (Å²) in [6.07, 6.45) is 0. The van der Waals surface area contributed by atoms with Gasteiger partial charge in [0, 0.05) is 16.0 Å². The van der Waals surface area contributed by atoms with Crippen LogP contribution in [0.25, 0.3) is 0 Å². The van der Waals surface area contributed by atoms with Gasteiger partial charge in [-0.3, -0.25) is 0 Å². The Bertz CT molecular complexity index is 417. The lowest BCUT2D eigenvalue weighted by Crippen LogP contribution is -1.95. The third kappa shape index (κ3) is 4.02. The first-order valence-electron chi connectivity index (χ1n) is 5.75. The predicted octanol–water partition coefficient (Wildman–Crippen LogP) is 4.72. The summed E-state index contributed by atoms with van der Waals surface area (Å²) in [5, 5.41) is 1.54. The fourth-order valence-electron chi connectivity index (χ4n) is 1.70. The molecule has 0 aliphatic carbocycles. The fourth-order valence-corrected chi connectivity index (χ4v) is 1.95. The van der Waals surface area contributed by atoms with Gasteiger partial charge in [0.25, 0.3) is 0 Å². The average Bonchev–Trinajstić information content (AvgIpc) is 2.42. The summed E-state index contributed by atoms with van der Waals surface area (Å²) in [5.74, 6) is 0.356. The molecule has 0 amide bonds. The Morgan fingerprint density at radius 1 is 0.722 bits per heavy atom. The maximum atomic E-state index is 5.87. The van der Waals surface area contributed by atoms with Crippen LogP contribution in [0.1, 0.15) is 24.0 Å². The molecule has 2 N–H and O–H groups in total. The van der Waals surface area contributed by atoms with Gasteiger partial charge in [-0.25, -0.2) is 0 Å². The van der Waals surface area contributed by atoms with Gasteiger partial charge in [0.15, 0.2) is 0 Å². The standard InChI is InChI=1S/C14H12Cl2.CH5N/c1-10(11-2-6-13(15)7-3-11)12-4-8-14(16)9-5-12;1-2/h2-10H,1H3;2H2,1H3. The van der Waals surface area contributed by atoms with Crippen molar-refractivity contribution in [3.05, 3.63) is 69.7 Å². The molecule has 2 aromatic rings. The lowest BCUT2D eigenvalue weighted by Gasteiger charge is -2.12. The van der Waals surface area contributed by atoms with Crippen LogP contribution in [0.3, 0.4) is 0 Å². The van der Waals surface area contributed by atoms with Crippen molar-refractivity contribution >= 4 is 23.2 Å². The van der Waals surface area contributed by atoms with E-state index in [1.54, 1.807) is 0 Å². The van der Waals surface area contributed by atoms with E-state index in [4.69, 9.17) is 23.2 Å². The Morgan fingerprint density at radius 2 is 1.00 bits per heavy atom. The zero-order valence-electron chi connectivity index (χ0n) is 10.5. The first-order chi connectivity index (χ1) is 8.66. The van der Waals surface area contributed by atoms with Crippen LogP contribution in [-0.2, 0) is 0 Å². The zero-order chi connectivity index (χ0) is 13.5. The minimum Gasteiger partial charge on any atom is -0.333 e. The minimum absolute atomic E-state index is 0.356. The van der Waals surface area contributed by atoms with Crippen LogP contribution in [0, 0.1) is 0 Å². The Morgan fingerprint density at radius 3 is 1.28 bits per heavy atom. The first-order valence-corrected chi connectivity index (χ1v) is 6.51. The summed E-state index contributed by atoms with van der Waals surface area (Å²) in [4.78, 5) is 0. The minimum atomic E-state index is 0.356. The molecule has 0 unspecified atom stereocenters. The molecule has 0 spiro atoms. The number of hydrogen-bond donors (Lipinski definition) is 1. The molecule has 96 valence electrons. The summed E-state index contributed by atoms with van der Waals surface area (Å²) >= 11 is 11.7. The third-order valence-corrected chi connectivity index (χ3v) is 3.24. The van der Waals surface area contributed by atoms with E-state index in [-0.39, 0.29) is 0 Å². The molecule has 0 radical (unpaired) electrons. The van der Waals surface area contributed by atoms with E-state index in [0.717, 1.165) is 10.0 Å². The highest BCUT2D eigenvalue weighted by atomic mass is 35.5. The summed E-state index contributed by atoms with van der Waals surface area (Å²) in [5.41, 5.74) is 7.01. The van der Waals surface area contributed by atoms with Gasteiger partial charge in [-0.2, -0.15) is 0 Å². The summed E-state index contributed by atoms with van der Waals surface area (Å²) in [7, 11) is 1.50. The molecule has 0 fully saturated rings. The normalized spacial score (nSPS) is 9.89. The Labute approximate surface area is 119 Å². The largest absolute Gasteiger partial charge is 0.333 e. The van der Waals surface area contributed by atoms with E-state index in [0.29, 0.717) is 5.92 Å². The van der Waals surface area contributed by atoms with E-state index in [1.165, 1.54) is 18.2 Å². The van der Waals surface area contributed by atoms with Crippen LogP contribution in [-0.4, -0.2) is 7.05 Å². The second kappa shape index (κ2) is 7.42. The van der Waals surface area contributed by atoms with Gasteiger partial charge in [0.05, 0.1) is 0 Å². The topological polar surface area (TPSA) is 26.0 Å². The van der Waals surface area contributed by atoms with Crippen molar-refractivity contribution in [2.75, 3.05) is 7.05 Å². The van der Waals surface area contributed by atoms with Gasteiger partial charge in [-0.1, -0.05) is 54.4 Å². The van der Waals surface area contributed by atoms with E-state index in [1.807, 2.05) is 24.3 Å². The molecule has 0 aliphatic rings. The van der Waals surface area contributed by atoms with Crippen molar-refractivity contribution in [3.63, 3.8) is 0 Å². The van der Waals surface area contributed by atoms with Crippen LogP contribution in [0.4, 0.5) is 0 Å². The second-order valence-corrected chi connectivity index (χ2v) is 4.70. The molecule has 0 saturated heterocycles. The highest BCUT2D eigenvalue weighted by molar-refractivity contribution is 6.30. The molecule has 2 rings (SSSR count). The maximum absolute atomic E-state index is 5.87. The number of hydrogen-bond acceptors (Lipinski definition) is 1. The van der Waals surface area contributed by atoms with E-state index < -0.39 is 0 Å². The van der Waals surface area contributed by atoms with Gasteiger partial charge >= 0.3 is 0 Å². The van der Waals surface area contributed by atoms with Crippen LogP contribution < -0.4 is 5.73 Å². The molecule has 0 atom stereocenters. The predicted molar refractivity (Wildman–Crippen MR) is 80.5 cm³/mol. The lowest BCUT2D eigenvalue weighted by molar-refractivity contribution is 0.922. The molecular weight excluding hydrogens is 265 g/mol. The van der Waals surface area contributed by atoms with Gasteiger partial charge in [-0.15, -0.1) is 0 Å². The van der Waals surface area contributed by atoms with Crippen molar-refractivity contribution in [1.29, 1.82) is 0 Å². The van der Waals surface area contributed by atoms with Crippen LogP contribution >= 0.6 is 23.2 Å². The van der Waals surface area contributed by atoms with Crippen molar-refractivity contribution in [2.45, 2.75) is 12.8 Å². The molecular formula is C15H17Cl2N. The van der Waals surface area contributed by atoms with E-state index >= 15 is 0 Å². The molecule has 0 aliphatic heterocycles. The lowest BCUT2D eigenvalue weighted by atomic mass is 9.93. The van der Waals surface area contributed by atoms with Gasteiger partial charge in [0.1, 0.15) is 0 Å². The smallest absolute Gasteiger partial charge is 0.0406 e. The number of halogens is 2. The first kappa shape index (κ1) is 15.0. The Kier molecular flexibility index (Phi) is 6.20. The van der Waals surface area contributed by atoms with Gasteiger partial charge in [0.2, 0.25) is 0 Å². The van der Waals surface area contributed by atoms with Crippen molar-refractivity contribution in [2.24, 2.45) is 5.73 Å². The second-order valence-electron chi connectivity index (χ2n) is 3.82. The van der Waals surface area contributed by atoms with Crippen LogP contribution in [0.2, 0.25) is 10.0 Å². The van der Waals surface area contributed by atoms with E-state index in [2.05, 4.69) is 36.9 Å². The van der Waals surface area contributed by atoms with Crippen molar-refractivity contribution in [3.8, 4) is 0 Å². The number of benzene rings is 2. The molecule has 0 bridgehead atoms. The molecule has 3 heteroatoms. The van der Waals surface area contributed by atoms with E-state index in [9.17, 15) is 0 Å². The van der Waals surface area contributed by atoms with Gasteiger partial charge < -0.3 is 5.73 Å². The molecule has 0 aromatic heterocycles. The highest BCUT2D eigenvalue weighted by Gasteiger charge is 2.07. The number of nitrogens with two attached hydrogens (primary N) is 1. The summed E-state index contributed by atoms with van der Waals surface area (Å²) in [6, 6.07) is 15.9. The fraction of sp³-hybridized carbons (Fsp3) is 0.200. The summed E-state index contributed by atoms with van der Waals surface area (Å²) in [6.45, 7) is 2.17. The van der Waals surface area contributed by atoms with Gasteiger partial charge in [-0.05, 0) is 42.4 Å². The SMILES string of the molecule is CC(c1ccc(Cl)cc1)c1ccc(Cl)cc1.CN. The average molecular weight is 282 g/mol. The van der Waals surface area contributed by atoms with Crippen LogP contribution in [0.5, 0.6) is 0 Å². The van der Waals surface area contributed by atoms with Crippen molar-refractivity contribution in [1.82, 2.24) is 0 Å². The zero-order valence-corrected chi connectivity index (χ0v) is 12.0. The molecule has 1 nitrogen and oxygen atoms in total. The van der Waals surface area contributed by atoms with Crippen molar-refractivity contribution < 1.29 is 0 Å². The monoisotopic (exact) mass is 281 g/mol. The highest BCUT2D eigenvalue weighted by Crippen LogP contribution is 2.26. The number of rotatable bonds is 2. The molecule has 2 aromatic carbocycles. The quantitative estimate of drug-likeness (QED) is 0.847. The summed E-state index contributed by atoms with van der Waals surface area (Å²) < 4.78 is 0. The maximum Gasteiger partial charge on any atom is 0.0406 e. The molecule has 0 heterocycles.